The highest BCUT2D eigenvalue weighted by atomic mass is 35.5. The molecular formula is C19H22ClFN2O3S. The molecule has 5 nitrogen and oxygen atoms in total. The fourth-order valence-corrected chi connectivity index (χ4v) is 4.17. The van der Waals surface area contributed by atoms with Crippen molar-refractivity contribution in [3.05, 3.63) is 64.4 Å². The van der Waals surface area contributed by atoms with Crippen molar-refractivity contribution in [2.45, 2.75) is 32.9 Å². The van der Waals surface area contributed by atoms with Crippen LogP contribution >= 0.6 is 11.6 Å². The third-order valence-electron chi connectivity index (χ3n) is 4.20. The van der Waals surface area contributed by atoms with Gasteiger partial charge in [0.15, 0.2) is 0 Å². The number of carbonyl (C=O) groups excluding carboxylic acids is 1. The lowest BCUT2D eigenvalue weighted by molar-refractivity contribution is -0.122. The van der Waals surface area contributed by atoms with Crippen molar-refractivity contribution in [2.24, 2.45) is 0 Å². The predicted molar refractivity (Wildman–Crippen MR) is 106 cm³/mol. The Kier molecular flexibility index (Phi) is 6.84. The van der Waals surface area contributed by atoms with Gasteiger partial charge >= 0.3 is 0 Å². The highest BCUT2D eigenvalue weighted by Crippen LogP contribution is 2.27. The number of sulfonamides is 1. The van der Waals surface area contributed by atoms with E-state index in [0.717, 1.165) is 27.8 Å². The second-order valence-corrected chi connectivity index (χ2v) is 8.49. The molecule has 0 aliphatic heterocycles. The monoisotopic (exact) mass is 412 g/mol. The third-order valence-corrected chi connectivity index (χ3v) is 5.67. The summed E-state index contributed by atoms with van der Waals surface area (Å²) in [6.07, 6.45) is 1.24. The summed E-state index contributed by atoms with van der Waals surface area (Å²) >= 11 is 5.80. The van der Waals surface area contributed by atoms with Crippen LogP contribution in [0.4, 0.5) is 10.1 Å². The Labute approximate surface area is 164 Å². The van der Waals surface area contributed by atoms with Gasteiger partial charge in [-0.2, -0.15) is 0 Å². The molecule has 2 aromatic carbocycles. The number of hydrogen-bond donors (Lipinski definition) is 1. The summed E-state index contributed by atoms with van der Waals surface area (Å²) in [6, 6.07) is 10.2. The standard InChI is InChI=1S/C19H22ClFN2O3S/c1-4-18(19(24)22-12-14-8-6-5-7-13(14)2)23(27(3,25)26)15-9-10-17(21)16(20)11-15/h5-11,18H,4,12H2,1-3H3,(H,22,24)/t18-/m0/s1. The minimum Gasteiger partial charge on any atom is -0.350 e. The van der Waals surface area contributed by atoms with Crippen molar-refractivity contribution in [3.63, 3.8) is 0 Å². The average molecular weight is 413 g/mol. The van der Waals surface area contributed by atoms with Crippen LogP contribution in [0.25, 0.3) is 0 Å². The molecule has 2 aromatic rings. The minimum absolute atomic E-state index is 0.141. The number of anilines is 1. The molecule has 0 aliphatic rings. The summed E-state index contributed by atoms with van der Waals surface area (Å²) in [5, 5.41) is 2.58. The van der Waals surface area contributed by atoms with Gasteiger partial charge in [-0.15, -0.1) is 0 Å². The molecule has 27 heavy (non-hydrogen) atoms. The van der Waals surface area contributed by atoms with Crippen molar-refractivity contribution < 1.29 is 17.6 Å². The van der Waals surface area contributed by atoms with Gasteiger partial charge in [-0.05, 0) is 42.7 Å². The van der Waals surface area contributed by atoms with Gasteiger partial charge in [-0.25, -0.2) is 12.8 Å². The zero-order chi connectivity index (χ0) is 20.2. The largest absolute Gasteiger partial charge is 0.350 e. The van der Waals surface area contributed by atoms with Crippen molar-refractivity contribution in [3.8, 4) is 0 Å². The molecule has 2 rings (SSSR count). The van der Waals surface area contributed by atoms with Gasteiger partial charge in [0.1, 0.15) is 11.9 Å². The Bertz CT molecular complexity index is 934. The van der Waals surface area contributed by atoms with E-state index < -0.39 is 27.8 Å². The molecule has 0 radical (unpaired) electrons. The number of nitrogens with zero attached hydrogens (tertiary/aromatic N) is 1. The van der Waals surface area contributed by atoms with Crippen molar-refractivity contribution in [2.75, 3.05) is 10.6 Å². The van der Waals surface area contributed by atoms with Crippen LogP contribution in [0.3, 0.4) is 0 Å². The normalized spacial score (nSPS) is 12.5. The number of hydrogen-bond acceptors (Lipinski definition) is 3. The molecule has 0 unspecified atom stereocenters. The lowest BCUT2D eigenvalue weighted by Crippen LogP contribution is -2.49. The Hall–Kier alpha value is -2.12. The van der Waals surface area contributed by atoms with E-state index in [1.165, 1.54) is 12.1 Å². The third kappa shape index (κ3) is 5.20. The second-order valence-electron chi connectivity index (χ2n) is 6.23. The molecular weight excluding hydrogens is 391 g/mol. The highest BCUT2D eigenvalue weighted by molar-refractivity contribution is 7.92. The number of aryl methyl sites for hydroxylation is 1. The number of benzene rings is 2. The molecule has 146 valence electrons. The van der Waals surface area contributed by atoms with Crippen molar-refractivity contribution in [1.29, 1.82) is 0 Å². The summed E-state index contributed by atoms with van der Waals surface area (Å²) in [5.74, 6) is -1.10. The zero-order valence-electron chi connectivity index (χ0n) is 15.4. The van der Waals surface area contributed by atoms with Crippen LogP contribution in [0.1, 0.15) is 24.5 Å². The number of rotatable bonds is 7. The lowest BCUT2D eigenvalue weighted by Gasteiger charge is -2.30. The minimum atomic E-state index is -3.80. The maximum absolute atomic E-state index is 13.5. The van der Waals surface area contributed by atoms with Crippen LogP contribution in [-0.4, -0.2) is 26.6 Å². The highest BCUT2D eigenvalue weighted by Gasteiger charge is 2.31. The molecule has 0 heterocycles. The average Bonchev–Trinajstić information content (AvgIpc) is 2.60. The van der Waals surface area contributed by atoms with E-state index >= 15 is 0 Å². The van der Waals surface area contributed by atoms with E-state index in [1.807, 2.05) is 31.2 Å². The first-order valence-corrected chi connectivity index (χ1v) is 10.6. The summed E-state index contributed by atoms with van der Waals surface area (Å²) in [4.78, 5) is 12.7. The molecule has 0 fully saturated rings. The van der Waals surface area contributed by atoms with Crippen LogP contribution in [-0.2, 0) is 21.4 Å². The van der Waals surface area contributed by atoms with Gasteiger partial charge in [-0.1, -0.05) is 42.8 Å². The summed E-state index contributed by atoms with van der Waals surface area (Å²) in [6.45, 7) is 3.92. The molecule has 1 N–H and O–H groups in total. The molecule has 0 saturated heterocycles. The number of amides is 1. The first-order chi connectivity index (χ1) is 12.6. The summed E-state index contributed by atoms with van der Waals surface area (Å²) in [5.41, 5.74) is 2.11. The van der Waals surface area contributed by atoms with Gasteiger partial charge in [0.25, 0.3) is 0 Å². The van der Waals surface area contributed by atoms with E-state index in [1.54, 1.807) is 6.92 Å². The quantitative estimate of drug-likeness (QED) is 0.754. The lowest BCUT2D eigenvalue weighted by atomic mass is 10.1. The Morgan fingerprint density at radius 3 is 2.48 bits per heavy atom. The first-order valence-electron chi connectivity index (χ1n) is 8.41. The molecule has 1 atom stereocenters. The summed E-state index contributed by atoms with van der Waals surface area (Å²) < 4.78 is 39.2. The van der Waals surface area contributed by atoms with Gasteiger partial charge in [0.05, 0.1) is 17.0 Å². The molecule has 0 bridgehead atoms. The SMILES string of the molecule is CC[C@@H](C(=O)NCc1ccccc1C)N(c1ccc(F)c(Cl)c1)S(C)(=O)=O. The van der Waals surface area contributed by atoms with Crippen LogP contribution < -0.4 is 9.62 Å². The fourth-order valence-electron chi connectivity index (χ4n) is 2.79. The van der Waals surface area contributed by atoms with E-state index in [4.69, 9.17) is 11.6 Å². The van der Waals surface area contributed by atoms with Gasteiger partial charge in [0.2, 0.25) is 15.9 Å². The van der Waals surface area contributed by atoms with E-state index in [9.17, 15) is 17.6 Å². The van der Waals surface area contributed by atoms with Gasteiger partial charge in [0, 0.05) is 6.54 Å². The van der Waals surface area contributed by atoms with Crippen molar-refractivity contribution >= 4 is 33.2 Å². The van der Waals surface area contributed by atoms with Gasteiger partial charge < -0.3 is 5.32 Å². The maximum Gasteiger partial charge on any atom is 0.244 e. The Balaban J connectivity index is 2.30. The van der Waals surface area contributed by atoms with E-state index in [-0.39, 0.29) is 23.7 Å². The number of halogens is 2. The fraction of sp³-hybridized carbons (Fsp3) is 0.316. The van der Waals surface area contributed by atoms with Crippen LogP contribution in [0, 0.1) is 12.7 Å². The molecule has 0 aromatic heterocycles. The Morgan fingerprint density at radius 1 is 1.26 bits per heavy atom. The molecule has 0 aliphatic carbocycles. The number of carbonyl (C=O) groups is 1. The zero-order valence-corrected chi connectivity index (χ0v) is 16.9. The van der Waals surface area contributed by atoms with Crippen molar-refractivity contribution in [1.82, 2.24) is 5.32 Å². The molecule has 0 saturated carbocycles. The molecule has 8 heteroatoms. The Morgan fingerprint density at radius 2 is 1.93 bits per heavy atom. The number of nitrogens with one attached hydrogen (secondary N) is 1. The van der Waals surface area contributed by atoms with Crippen LogP contribution in [0.2, 0.25) is 5.02 Å². The topological polar surface area (TPSA) is 66.5 Å². The second kappa shape index (κ2) is 8.71. The van der Waals surface area contributed by atoms with E-state index in [0.29, 0.717) is 0 Å². The molecule has 0 spiro atoms. The molecule has 1 amide bonds. The van der Waals surface area contributed by atoms with Crippen LogP contribution in [0.15, 0.2) is 42.5 Å². The first kappa shape index (κ1) is 21.2. The predicted octanol–water partition coefficient (Wildman–Crippen LogP) is 3.65. The maximum atomic E-state index is 13.5. The van der Waals surface area contributed by atoms with Crippen LogP contribution in [0.5, 0.6) is 0 Å². The smallest absolute Gasteiger partial charge is 0.244 e. The van der Waals surface area contributed by atoms with E-state index in [2.05, 4.69) is 5.32 Å². The van der Waals surface area contributed by atoms with Gasteiger partial charge in [-0.3, -0.25) is 9.10 Å². The summed E-state index contributed by atoms with van der Waals surface area (Å²) in [7, 11) is -3.80.